The molecule has 46 heavy (non-hydrogen) atoms. The largest absolute Gasteiger partial charge is 0.497 e. The average molecular weight is 642 g/mol. The molecule has 9 heteroatoms. The fraction of sp³-hybridized carbons (Fsp3) is 0.297. The number of anilines is 1. The Morgan fingerprint density at radius 1 is 0.804 bits per heavy atom. The van der Waals surface area contributed by atoms with Crippen LogP contribution in [0.15, 0.2) is 108 Å². The smallest absolute Gasteiger partial charge is 0.264 e. The van der Waals surface area contributed by atoms with E-state index in [0.717, 1.165) is 26.6 Å². The van der Waals surface area contributed by atoms with Crippen molar-refractivity contribution < 1.29 is 22.7 Å². The summed E-state index contributed by atoms with van der Waals surface area (Å²) in [5.41, 5.74) is 4.02. The maximum atomic E-state index is 14.6. The van der Waals surface area contributed by atoms with Crippen LogP contribution in [0, 0.1) is 19.8 Å². The van der Waals surface area contributed by atoms with Gasteiger partial charge in [-0.3, -0.25) is 13.9 Å². The van der Waals surface area contributed by atoms with Crippen LogP contribution < -0.4 is 14.4 Å². The third-order valence-corrected chi connectivity index (χ3v) is 9.43. The van der Waals surface area contributed by atoms with E-state index < -0.39 is 28.5 Å². The number of nitrogens with one attached hydrogen (secondary N) is 1. The second-order valence-electron chi connectivity index (χ2n) is 11.9. The monoisotopic (exact) mass is 641 g/mol. The van der Waals surface area contributed by atoms with E-state index in [0.29, 0.717) is 18.0 Å². The summed E-state index contributed by atoms with van der Waals surface area (Å²) >= 11 is 0. The van der Waals surface area contributed by atoms with Gasteiger partial charge in [0.25, 0.3) is 10.0 Å². The van der Waals surface area contributed by atoms with Crippen molar-refractivity contribution in [3.8, 4) is 5.75 Å². The van der Waals surface area contributed by atoms with Crippen LogP contribution in [0.2, 0.25) is 0 Å². The lowest BCUT2D eigenvalue weighted by atomic mass is 10.0. The molecule has 0 bridgehead atoms. The minimum Gasteiger partial charge on any atom is -0.497 e. The molecule has 0 heterocycles. The maximum absolute atomic E-state index is 14.6. The van der Waals surface area contributed by atoms with Crippen molar-refractivity contribution in [2.45, 2.75) is 51.6 Å². The van der Waals surface area contributed by atoms with E-state index in [9.17, 15) is 18.0 Å². The first-order valence-corrected chi connectivity index (χ1v) is 16.8. The summed E-state index contributed by atoms with van der Waals surface area (Å²) in [6.07, 6.45) is 0.262. The molecule has 0 fully saturated rings. The second-order valence-corrected chi connectivity index (χ2v) is 13.7. The summed E-state index contributed by atoms with van der Waals surface area (Å²) in [5, 5.41) is 3.02. The van der Waals surface area contributed by atoms with Crippen molar-refractivity contribution in [3.63, 3.8) is 0 Å². The van der Waals surface area contributed by atoms with Gasteiger partial charge < -0.3 is 15.0 Å². The van der Waals surface area contributed by atoms with Crippen molar-refractivity contribution >= 4 is 27.5 Å². The molecule has 1 N–H and O–H groups in total. The Morgan fingerprint density at radius 3 is 2.07 bits per heavy atom. The molecule has 8 nitrogen and oxygen atoms in total. The minimum absolute atomic E-state index is 0.0161. The number of amides is 2. The van der Waals surface area contributed by atoms with Crippen LogP contribution in [0.5, 0.6) is 5.75 Å². The lowest BCUT2D eigenvalue weighted by Gasteiger charge is -2.34. The number of nitrogens with zero attached hydrogens (tertiary/aromatic N) is 2. The van der Waals surface area contributed by atoms with Gasteiger partial charge in [-0.25, -0.2) is 8.42 Å². The zero-order chi connectivity index (χ0) is 33.3. The first-order valence-electron chi connectivity index (χ1n) is 15.4. The van der Waals surface area contributed by atoms with Crippen molar-refractivity contribution in [1.29, 1.82) is 0 Å². The highest BCUT2D eigenvalue weighted by Gasteiger charge is 2.34. The molecule has 242 valence electrons. The van der Waals surface area contributed by atoms with Crippen LogP contribution in [-0.2, 0) is 32.6 Å². The number of ether oxygens (including phenoxy) is 1. The van der Waals surface area contributed by atoms with Crippen molar-refractivity contribution in [1.82, 2.24) is 10.2 Å². The van der Waals surface area contributed by atoms with E-state index in [1.165, 1.54) is 24.1 Å². The first kappa shape index (κ1) is 34.2. The van der Waals surface area contributed by atoms with Crippen LogP contribution in [0.4, 0.5) is 5.69 Å². The molecule has 0 radical (unpaired) electrons. The topological polar surface area (TPSA) is 96.0 Å². The lowest BCUT2D eigenvalue weighted by Crippen LogP contribution is -2.53. The zero-order valence-corrected chi connectivity index (χ0v) is 28.0. The molecule has 0 aromatic heterocycles. The van der Waals surface area contributed by atoms with E-state index >= 15 is 0 Å². The number of hydrogen-bond acceptors (Lipinski definition) is 5. The number of methoxy groups -OCH3 is 1. The van der Waals surface area contributed by atoms with E-state index in [2.05, 4.69) is 5.32 Å². The molecule has 2 amide bonds. The second kappa shape index (κ2) is 15.6. The van der Waals surface area contributed by atoms with Crippen molar-refractivity contribution in [2.24, 2.45) is 5.92 Å². The lowest BCUT2D eigenvalue weighted by molar-refractivity contribution is -0.140. The highest BCUT2D eigenvalue weighted by Crippen LogP contribution is 2.27. The molecular weight excluding hydrogens is 598 g/mol. The maximum Gasteiger partial charge on any atom is 0.264 e. The average Bonchev–Trinajstić information content (AvgIpc) is 3.05. The zero-order valence-electron chi connectivity index (χ0n) is 27.1. The molecule has 4 rings (SSSR count). The number of carbonyl (C=O) groups is 2. The highest BCUT2D eigenvalue weighted by atomic mass is 32.2. The summed E-state index contributed by atoms with van der Waals surface area (Å²) in [6.45, 7) is 7.94. The predicted octanol–water partition coefficient (Wildman–Crippen LogP) is 5.92. The van der Waals surface area contributed by atoms with Gasteiger partial charge in [0.2, 0.25) is 11.8 Å². The van der Waals surface area contributed by atoms with E-state index in [-0.39, 0.29) is 29.7 Å². The Hall–Kier alpha value is -4.63. The Balaban J connectivity index is 1.79. The molecule has 4 aromatic rings. The summed E-state index contributed by atoms with van der Waals surface area (Å²) in [4.78, 5) is 30.0. The standard InChI is InChI=1S/C37H43N3O5S/c1-27(2)24-38-37(42)35(23-30-11-7-6-8-12-30)39(25-31-13-9-10-29(4)22-31)36(41)26-40(32-16-14-28(3)15-17-32)46(43,44)34-20-18-33(45-5)19-21-34/h6-22,27,35H,23-26H2,1-5H3,(H,38,42)/t35-/m1/s1. The van der Waals surface area contributed by atoms with Crippen LogP contribution in [0.3, 0.4) is 0 Å². The fourth-order valence-corrected chi connectivity index (χ4v) is 6.51. The molecule has 0 aliphatic heterocycles. The van der Waals surface area contributed by atoms with E-state index in [4.69, 9.17) is 4.74 Å². The molecule has 0 saturated carbocycles. The van der Waals surface area contributed by atoms with Crippen LogP contribution in [-0.4, -0.2) is 51.4 Å². The molecule has 0 aliphatic rings. The van der Waals surface area contributed by atoms with Gasteiger partial charge in [-0.05, 0) is 67.3 Å². The van der Waals surface area contributed by atoms with Crippen molar-refractivity contribution in [2.75, 3.05) is 24.5 Å². The highest BCUT2D eigenvalue weighted by molar-refractivity contribution is 7.92. The minimum atomic E-state index is -4.20. The van der Waals surface area contributed by atoms with E-state index in [1.807, 2.05) is 82.3 Å². The number of hydrogen-bond donors (Lipinski definition) is 1. The molecule has 1 atom stereocenters. The van der Waals surface area contributed by atoms with Gasteiger partial charge >= 0.3 is 0 Å². The van der Waals surface area contributed by atoms with Gasteiger partial charge in [-0.1, -0.05) is 91.7 Å². The van der Waals surface area contributed by atoms with E-state index in [1.54, 1.807) is 36.4 Å². The van der Waals surface area contributed by atoms with Gasteiger partial charge in [0.15, 0.2) is 0 Å². The summed E-state index contributed by atoms with van der Waals surface area (Å²) in [6, 6.07) is 29.4. The van der Waals surface area contributed by atoms with Crippen LogP contribution in [0.1, 0.15) is 36.1 Å². The number of carbonyl (C=O) groups excluding carboxylic acids is 2. The Bertz CT molecular complexity index is 1710. The number of sulfonamides is 1. The Labute approximate surface area is 273 Å². The van der Waals surface area contributed by atoms with Gasteiger partial charge in [0.05, 0.1) is 17.7 Å². The molecular formula is C37H43N3O5S. The number of benzene rings is 4. The van der Waals surface area contributed by atoms with Gasteiger partial charge in [-0.15, -0.1) is 0 Å². The fourth-order valence-electron chi connectivity index (χ4n) is 5.10. The third kappa shape index (κ3) is 8.97. The quantitative estimate of drug-likeness (QED) is 0.185. The first-order chi connectivity index (χ1) is 22.0. The predicted molar refractivity (Wildman–Crippen MR) is 182 cm³/mol. The molecule has 4 aromatic carbocycles. The molecule has 0 aliphatic carbocycles. The number of rotatable bonds is 14. The third-order valence-electron chi connectivity index (χ3n) is 7.64. The summed E-state index contributed by atoms with van der Waals surface area (Å²) < 4.78 is 34.7. The molecule has 0 unspecified atom stereocenters. The summed E-state index contributed by atoms with van der Waals surface area (Å²) in [5.74, 6) is -0.0791. The summed E-state index contributed by atoms with van der Waals surface area (Å²) in [7, 11) is -2.69. The molecule has 0 saturated heterocycles. The normalized spacial score (nSPS) is 12.0. The Morgan fingerprint density at radius 2 is 1.46 bits per heavy atom. The van der Waals surface area contributed by atoms with Crippen LogP contribution in [0.25, 0.3) is 0 Å². The van der Waals surface area contributed by atoms with Gasteiger partial charge in [-0.2, -0.15) is 0 Å². The Kier molecular flexibility index (Phi) is 11.6. The van der Waals surface area contributed by atoms with Crippen LogP contribution >= 0.6 is 0 Å². The van der Waals surface area contributed by atoms with Gasteiger partial charge in [0, 0.05) is 19.5 Å². The SMILES string of the molecule is COc1ccc(S(=O)(=O)N(CC(=O)N(Cc2cccc(C)c2)[C@H](Cc2ccccc2)C(=O)NCC(C)C)c2ccc(C)cc2)cc1. The van der Waals surface area contributed by atoms with Gasteiger partial charge in [0.1, 0.15) is 18.3 Å². The molecule has 0 spiro atoms. The number of aryl methyl sites for hydroxylation is 2. The van der Waals surface area contributed by atoms with Crippen molar-refractivity contribution in [3.05, 3.63) is 125 Å².